The SMILES string of the molecule is Cc1cccc2nc(C3CNc4ccccc4C3)n(C)c12. The number of nitrogens with one attached hydrogen (secondary N) is 1. The van der Waals surface area contributed by atoms with Gasteiger partial charge in [-0.15, -0.1) is 0 Å². The van der Waals surface area contributed by atoms with Crippen LogP contribution in [0, 0.1) is 6.92 Å². The van der Waals surface area contributed by atoms with Crippen LogP contribution in [0.1, 0.15) is 22.9 Å². The predicted octanol–water partition coefficient (Wildman–Crippen LogP) is 3.63. The lowest BCUT2D eigenvalue weighted by Gasteiger charge is -2.25. The maximum absolute atomic E-state index is 4.89. The quantitative estimate of drug-likeness (QED) is 0.736. The first-order valence-electron chi connectivity index (χ1n) is 7.48. The molecule has 0 saturated carbocycles. The largest absolute Gasteiger partial charge is 0.384 e. The lowest BCUT2D eigenvalue weighted by molar-refractivity contribution is 0.623. The van der Waals surface area contributed by atoms with Gasteiger partial charge in [0.25, 0.3) is 0 Å². The Balaban J connectivity index is 1.78. The smallest absolute Gasteiger partial charge is 0.114 e. The molecule has 1 N–H and O–H groups in total. The van der Waals surface area contributed by atoms with Crippen molar-refractivity contribution < 1.29 is 0 Å². The summed E-state index contributed by atoms with van der Waals surface area (Å²) in [6.45, 7) is 3.11. The van der Waals surface area contributed by atoms with E-state index in [9.17, 15) is 0 Å². The topological polar surface area (TPSA) is 29.9 Å². The van der Waals surface area contributed by atoms with E-state index >= 15 is 0 Å². The van der Waals surface area contributed by atoms with Crippen LogP contribution in [0.15, 0.2) is 42.5 Å². The van der Waals surface area contributed by atoms with Gasteiger partial charge in [0.2, 0.25) is 0 Å². The van der Waals surface area contributed by atoms with Crippen LogP contribution in [-0.4, -0.2) is 16.1 Å². The van der Waals surface area contributed by atoms with Crippen LogP contribution in [0.4, 0.5) is 5.69 Å². The zero-order chi connectivity index (χ0) is 14.4. The third kappa shape index (κ3) is 1.92. The van der Waals surface area contributed by atoms with Crippen molar-refractivity contribution in [2.24, 2.45) is 7.05 Å². The predicted molar refractivity (Wildman–Crippen MR) is 86.8 cm³/mol. The van der Waals surface area contributed by atoms with E-state index in [1.54, 1.807) is 0 Å². The third-order valence-corrected chi connectivity index (χ3v) is 4.52. The molecule has 0 bridgehead atoms. The molecule has 0 amide bonds. The van der Waals surface area contributed by atoms with E-state index < -0.39 is 0 Å². The molecule has 0 fully saturated rings. The monoisotopic (exact) mass is 277 g/mol. The van der Waals surface area contributed by atoms with E-state index in [0.29, 0.717) is 5.92 Å². The summed E-state index contributed by atoms with van der Waals surface area (Å²) in [6, 6.07) is 14.9. The molecule has 2 heterocycles. The summed E-state index contributed by atoms with van der Waals surface area (Å²) in [7, 11) is 2.14. The molecule has 21 heavy (non-hydrogen) atoms. The number of aromatic nitrogens is 2. The van der Waals surface area contributed by atoms with Crippen molar-refractivity contribution in [3.8, 4) is 0 Å². The van der Waals surface area contributed by atoms with Gasteiger partial charge in [0.05, 0.1) is 11.0 Å². The molecule has 4 rings (SSSR count). The second kappa shape index (κ2) is 4.62. The molecule has 1 aliphatic heterocycles. The van der Waals surface area contributed by atoms with Gasteiger partial charge in [-0.2, -0.15) is 0 Å². The Morgan fingerprint density at radius 3 is 2.86 bits per heavy atom. The zero-order valence-electron chi connectivity index (χ0n) is 12.4. The Hall–Kier alpha value is -2.29. The van der Waals surface area contributed by atoms with Gasteiger partial charge in [0.1, 0.15) is 5.82 Å². The number of anilines is 1. The Bertz CT molecular complexity index is 816. The molecule has 3 aromatic rings. The Labute approximate surface area is 124 Å². The molecule has 0 radical (unpaired) electrons. The van der Waals surface area contributed by atoms with Crippen LogP contribution in [0.3, 0.4) is 0 Å². The van der Waals surface area contributed by atoms with Crippen LogP contribution >= 0.6 is 0 Å². The molecule has 0 spiro atoms. The number of nitrogens with zero attached hydrogens (tertiary/aromatic N) is 2. The van der Waals surface area contributed by atoms with Crippen LogP contribution in [0.25, 0.3) is 11.0 Å². The lowest BCUT2D eigenvalue weighted by atomic mass is 9.93. The molecule has 1 unspecified atom stereocenters. The average molecular weight is 277 g/mol. The number of benzene rings is 2. The Morgan fingerprint density at radius 1 is 1.14 bits per heavy atom. The van der Waals surface area contributed by atoms with E-state index in [-0.39, 0.29) is 0 Å². The Kier molecular flexibility index (Phi) is 2.74. The number of hydrogen-bond acceptors (Lipinski definition) is 2. The fraction of sp³-hybridized carbons (Fsp3) is 0.278. The second-order valence-electron chi connectivity index (χ2n) is 5.91. The molecule has 2 aromatic carbocycles. The maximum Gasteiger partial charge on any atom is 0.114 e. The van der Waals surface area contributed by atoms with Gasteiger partial charge in [0, 0.05) is 25.2 Å². The number of imidazole rings is 1. The molecule has 0 saturated heterocycles. The molecule has 1 aliphatic rings. The first kappa shape index (κ1) is 12.5. The molecule has 1 atom stereocenters. The number of rotatable bonds is 1. The van der Waals surface area contributed by atoms with Gasteiger partial charge in [0.15, 0.2) is 0 Å². The summed E-state index contributed by atoms with van der Waals surface area (Å²) in [5.41, 5.74) is 6.30. The standard InChI is InChI=1S/C18H19N3/c1-12-6-5-9-16-17(12)21(2)18(20-16)14-10-13-7-3-4-8-15(13)19-11-14/h3-9,14,19H,10-11H2,1-2H3. The van der Waals surface area contributed by atoms with Crippen molar-refractivity contribution in [1.29, 1.82) is 0 Å². The van der Waals surface area contributed by atoms with Gasteiger partial charge < -0.3 is 9.88 Å². The zero-order valence-corrected chi connectivity index (χ0v) is 12.4. The highest BCUT2D eigenvalue weighted by Crippen LogP contribution is 2.31. The molecule has 3 heteroatoms. The molecular formula is C18H19N3. The van der Waals surface area contributed by atoms with Crippen LogP contribution in [0.2, 0.25) is 0 Å². The summed E-state index contributed by atoms with van der Waals surface area (Å²) in [5, 5.41) is 3.54. The summed E-state index contributed by atoms with van der Waals surface area (Å²) in [4.78, 5) is 4.89. The van der Waals surface area contributed by atoms with E-state index in [1.807, 2.05) is 0 Å². The van der Waals surface area contributed by atoms with Crippen LogP contribution < -0.4 is 5.32 Å². The van der Waals surface area contributed by atoms with E-state index in [0.717, 1.165) is 18.5 Å². The number of aryl methyl sites for hydroxylation is 2. The minimum absolute atomic E-state index is 0.427. The van der Waals surface area contributed by atoms with Crippen molar-refractivity contribution >= 4 is 16.7 Å². The summed E-state index contributed by atoms with van der Waals surface area (Å²) >= 11 is 0. The molecular weight excluding hydrogens is 258 g/mol. The number of hydrogen-bond donors (Lipinski definition) is 1. The summed E-state index contributed by atoms with van der Waals surface area (Å²) in [6.07, 6.45) is 1.05. The van der Waals surface area contributed by atoms with Gasteiger partial charge in [-0.25, -0.2) is 4.98 Å². The van der Waals surface area contributed by atoms with E-state index in [1.165, 1.54) is 28.2 Å². The van der Waals surface area contributed by atoms with Gasteiger partial charge >= 0.3 is 0 Å². The molecule has 1 aromatic heterocycles. The minimum atomic E-state index is 0.427. The second-order valence-corrected chi connectivity index (χ2v) is 5.91. The minimum Gasteiger partial charge on any atom is -0.384 e. The molecule has 106 valence electrons. The normalized spacial score (nSPS) is 17.5. The highest BCUT2D eigenvalue weighted by molar-refractivity contribution is 5.79. The van der Waals surface area contributed by atoms with Crippen LogP contribution in [-0.2, 0) is 13.5 Å². The fourth-order valence-corrected chi connectivity index (χ4v) is 3.47. The first-order chi connectivity index (χ1) is 10.2. The summed E-state index contributed by atoms with van der Waals surface area (Å²) < 4.78 is 2.27. The number of para-hydroxylation sites is 2. The average Bonchev–Trinajstić information content (AvgIpc) is 2.85. The summed E-state index contributed by atoms with van der Waals surface area (Å²) in [5.74, 6) is 1.61. The van der Waals surface area contributed by atoms with Gasteiger partial charge in [-0.05, 0) is 36.6 Å². The highest BCUT2D eigenvalue weighted by Gasteiger charge is 2.24. The molecule has 0 aliphatic carbocycles. The van der Waals surface area contributed by atoms with Crippen molar-refractivity contribution in [2.75, 3.05) is 11.9 Å². The van der Waals surface area contributed by atoms with Crippen molar-refractivity contribution in [3.05, 3.63) is 59.4 Å². The van der Waals surface area contributed by atoms with Crippen molar-refractivity contribution in [2.45, 2.75) is 19.3 Å². The highest BCUT2D eigenvalue weighted by atomic mass is 15.1. The van der Waals surface area contributed by atoms with Crippen molar-refractivity contribution in [3.63, 3.8) is 0 Å². The van der Waals surface area contributed by atoms with E-state index in [4.69, 9.17) is 4.98 Å². The lowest BCUT2D eigenvalue weighted by Crippen LogP contribution is -2.23. The maximum atomic E-state index is 4.89. The molecule has 3 nitrogen and oxygen atoms in total. The van der Waals surface area contributed by atoms with Gasteiger partial charge in [-0.3, -0.25) is 0 Å². The van der Waals surface area contributed by atoms with Gasteiger partial charge in [-0.1, -0.05) is 30.3 Å². The Morgan fingerprint density at radius 2 is 2.00 bits per heavy atom. The van der Waals surface area contributed by atoms with Crippen molar-refractivity contribution in [1.82, 2.24) is 9.55 Å². The fourth-order valence-electron chi connectivity index (χ4n) is 3.47. The van der Waals surface area contributed by atoms with Crippen LogP contribution in [0.5, 0.6) is 0 Å². The number of fused-ring (bicyclic) bond motifs is 2. The third-order valence-electron chi connectivity index (χ3n) is 4.52. The van der Waals surface area contributed by atoms with E-state index in [2.05, 4.69) is 66.3 Å². The first-order valence-corrected chi connectivity index (χ1v) is 7.48.